The molecule has 1 aromatic rings. The lowest BCUT2D eigenvalue weighted by Crippen LogP contribution is -2.22. The molecule has 0 aliphatic heterocycles. The van der Waals surface area contributed by atoms with E-state index in [1.165, 1.54) is 19.2 Å². The summed E-state index contributed by atoms with van der Waals surface area (Å²) in [5, 5.41) is 8.96. The Morgan fingerprint density at radius 3 is 2.69 bits per heavy atom. The molecule has 0 bridgehead atoms. The summed E-state index contributed by atoms with van der Waals surface area (Å²) in [6.45, 7) is 1.60. The maximum atomic E-state index is 13.2. The highest BCUT2D eigenvalue weighted by Gasteiger charge is 2.22. The zero-order valence-corrected chi connectivity index (χ0v) is 9.16. The second-order valence-electron chi connectivity index (χ2n) is 3.45. The van der Waals surface area contributed by atoms with Crippen molar-refractivity contribution in [3.8, 4) is 5.75 Å². The summed E-state index contributed by atoms with van der Waals surface area (Å²) >= 11 is 0. The number of rotatable bonds is 4. The molecule has 88 valence electrons. The van der Waals surface area contributed by atoms with E-state index in [0.717, 1.165) is 0 Å². The minimum Gasteiger partial charge on any atom is -0.496 e. The molecule has 1 unspecified atom stereocenters. The molecule has 1 aromatic carbocycles. The van der Waals surface area contributed by atoms with Gasteiger partial charge in [0.15, 0.2) is 0 Å². The van der Waals surface area contributed by atoms with Crippen LogP contribution in [0.25, 0.3) is 0 Å². The highest BCUT2D eigenvalue weighted by Crippen LogP contribution is 2.28. The van der Waals surface area contributed by atoms with Gasteiger partial charge in [0.05, 0.1) is 13.0 Å². The Morgan fingerprint density at radius 2 is 2.25 bits per heavy atom. The van der Waals surface area contributed by atoms with E-state index in [4.69, 9.17) is 15.6 Å². The van der Waals surface area contributed by atoms with Crippen LogP contribution < -0.4 is 10.5 Å². The predicted octanol–water partition coefficient (Wildman–Crippen LogP) is 1.27. The summed E-state index contributed by atoms with van der Waals surface area (Å²) in [7, 11) is 1.41. The lowest BCUT2D eigenvalue weighted by Gasteiger charge is -2.15. The second-order valence-corrected chi connectivity index (χ2v) is 3.45. The van der Waals surface area contributed by atoms with Crippen LogP contribution in [-0.4, -0.2) is 24.7 Å². The van der Waals surface area contributed by atoms with Gasteiger partial charge in [-0.3, -0.25) is 4.79 Å². The largest absolute Gasteiger partial charge is 0.496 e. The Labute approximate surface area is 92.8 Å². The molecule has 5 heteroatoms. The number of hydrogen-bond acceptors (Lipinski definition) is 3. The van der Waals surface area contributed by atoms with Crippen LogP contribution in [0.1, 0.15) is 17.0 Å². The van der Waals surface area contributed by atoms with E-state index < -0.39 is 17.7 Å². The average molecular weight is 227 g/mol. The number of hydrogen-bond donors (Lipinski definition) is 2. The minimum atomic E-state index is -1.07. The van der Waals surface area contributed by atoms with Crippen LogP contribution >= 0.6 is 0 Å². The quantitative estimate of drug-likeness (QED) is 0.812. The number of carboxylic acids is 1. The van der Waals surface area contributed by atoms with Gasteiger partial charge in [0, 0.05) is 12.6 Å². The molecule has 0 saturated carbocycles. The maximum absolute atomic E-state index is 13.2. The fraction of sp³-hybridized carbons (Fsp3) is 0.364. The molecular weight excluding hydrogens is 213 g/mol. The van der Waals surface area contributed by atoms with Crippen molar-refractivity contribution in [1.29, 1.82) is 0 Å². The van der Waals surface area contributed by atoms with Crippen LogP contribution in [0.3, 0.4) is 0 Å². The third-order valence-electron chi connectivity index (χ3n) is 2.49. The Kier molecular flexibility index (Phi) is 3.84. The number of ether oxygens (including phenoxy) is 1. The molecular formula is C11H14FNO3. The van der Waals surface area contributed by atoms with Crippen molar-refractivity contribution in [2.45, 2.75) is 12.8 Å². The first-order valence-corrected chi connectivity index (χ1v) is 4.78. The first kappa shape index (κ1) is 12.4. The summed E-state index contributed by atoms with van der Waals surface area (Å²) in [4.78, 5) is 11.0. The molecule has 0 heterocycles. The van der Waals surface area contributed by atoms with E-state index in [9.17, 15) is 9.18 Å². The highest BCUT2D eigenvalue weighted by molar-refractivity contribution is 5.77. The monoisotopic (exact) mass is 227 g/mol. The number of carbonyl (C=O) groups is 1. The molecule has 3 N–H and O–H groups in total. The van der Waals surface area contributed by atoms with Gasteiger partial charge >= 0.3 is 5.97 Å². The summed E-state index contributed by atoms with van der Waals surface area (Å²) in [5.41, 5.74) is 6.32. The van der Waals surface area contributed by atoms with Gasteiger partial charge in [0.1, 0.15) is 11.6 Å². The number of benzene rings is 1. The molecule has 0 spiro atoms. The van der Waals surface area contributed by atoms with E-state index >= 15 is 0 Å². The highest BCUT2D eigenvalue weighted by atomic mass is 19.1. The third kappa shape index (κ3) is 2.30. The van der Waals surface area contributed by atoms with Crippen molar-refractivity contribution in [3.05, 3.63) is 29.1 Å². The molecule has 16 heavy (non-hydrogen) atoms. The van der Waals surface area contributed by atoms with Gasteiger partial charge in [-0.05, 0) is 24.1 Å². The molecule has 0 aliphatic carbocycles. The van der Waals surface area contributed by atoms with E-state index in [0.29, 0.717) is 16.9 Å². The standard InChI is InChI=1S/C11H14FNO3/c1-6-8(9(5-13)11(14)15)3-7(12)4-10(6)16-2/h3-4,9H,5,13H2,1-2H3,(H,14,15). The Balaban J connectivity index is 3.31. The molecule has 1 rings (SSSR count). The van der Waals surface area contributed by atoms with Gasteiger partial charge < -0.3 is 15.6 Å². The van der Waals surface area contributed by atoms with Gasteiger partial charge in [0.25, 0.3) is 0 Å². The number of methoxy groups -OCH3 is 1. The van der Waals surface area contributed by atoms with Crippen molar-refractivity contribution in [2.24, 2.45) is 5.73 Å². The summed E-state index contributed by atoms with van der Waals surface area (Å²) in [5.74, 6) is -2.19. The van der Waals surface area contributed by atoms with Crippen molar-refractivity contribution in [3.63, 3.8) is 0 Å². The van der Waals surface area contributed by atoms with E-state index in [1.807, 2.05) is 0 Å². The SMILES string of the molecule is COc1cc(F)cc(C(CN)C(=O)O)c1C. The normalized spacial score (nSPS) is 12.2. The van der Waals surface area contributed by atoms with Gasteiger partial charge in [-0.1, -0.05) is 0 Å². The molecule has 4 nitrogen and oxygen atoms in total. The number of carboxylic acid groups (broad SMARTS) is 1. The summed E-state index contributed by atoms with van der Waals surface area (Å²) < 4.78 is 18.2. The van der Waals surface area contributed by atoms with Gasteiger partial charge in [0.2, 0.25) is 0 Å². The van der Waals surface area contributed by atoms with Crippen LogP contribution in [-0.2, 0) is 4.79 Å². The predicted molar refractivity (Wildman–Crippen MR) is 57.1 cm³/mol. The zero-order chi connectivity index (χ0) is 12.3. The van der Waals surface area contributed by atoms with Crippen LogP contribution in [0.2, 0.25) is 0 Å². The molecule has 0 aliphatic rings. The van der Waals surface area contributed by atoms with E-state index in [2.05, 4.69) is 0 Å². The van der Waals surface area contributed by atoms with Crippen LogP contribution in [0.5, 0.6) is 5.75 Å². The van der Waals surface area contributed by atoms with Crippen LogP contribution in [0.4, 0.5) is 4.39 Å². The number of halogens is 1. The first-order valence-electron chi connectivity index (χ1n) is 4.78. The maximum Gasteiger partial charge on any atom is 0.312 e. The zero-order valence-electron chi connectivity index (χ0n) is 9.16. The van der Waals surface area contributed by atoms with Crippen LogP contribution in [0.15, 0.2) is 12.1 Å². The number of aliphatic carboxylic acids is 1. The van der Waals surface area contributed by atoms with Crippen molar-refractivity contribution in [1.82, 2.24) is 0 Å². The lowest BCUT2D eigenvalue weighted by molar-refractivity contribution is -0.138. The van der Waals surface area contributed by atoms with Gasteiger partial charge in [-0.25, -0.2) is 4.39 Å². The molecule has 0 amide bonds. The summed E-state index contributed by atoms with van der Waals surface area (Å²) in [6.07, 6.45) is 0. The third-order valence-corrected chi connectivity index (χ3v) is 2.49. The molecule has 0 radical (unpaired) electrons. The molecule has 0 fully saturated rings. The molecule has 0 aromatic heterocycles. The Morgan fingerprint density at radius 1 is 1.62 bits per heavy atom. The van der Waals surface area contributed by atoms with Gasteiger partial charge in [-0.2, -0.15) is 0 Å². The smallest absolute Gasteiger partial charge is 0.312 e. The summed E-state index contributed by atoms with van der Waals surface area (Å²) in [6, 6.07) is 2.40. The minimum absolute atomic E-state index is 0.0806. The van der Waals surface area contributed by atoms with Crippen molar-refractivity contribution in [2.75, 3.05) is 13.7 Å². The Hall–Kier alpha value is -1.62. The lowest BCUT2D eigenvalue weighted by atomic mass is 9.94. The average Bonchev–Trinajstić information content (AvgIpc) is 2.23. The fourth-order valence-corrected chi connectivity index (χ4v) is 1.61. The van der Waals surface area contributed by atoms with Crippen molar-refractivity contribution >= 4 is 5.97 Å². The van der Waals surface area contributed by atoms with Gasteiger partial charge in [-0.15, -0.1) is 0 Å². The van der Waals surface area contributed by atoms with Crippen molar-refractivity contribution < 1.29 is 19.0 Å². The molecule has 1 atom stereocenters. The second kappa shape index (κ2) is 4.94. The fourth-order valence-electron chi connectivity index (χ4n) is 1.61. The molecule has 0 saturated heterocycles. The van der Waals surface area contributed by atoms with E-state index in [-0.39, 0.29) is 6.54 Å². The van der Waals surface area contributed by atoms with Crippen LogP contribution in [0, 0.1) is 12.7 Å². The van der Waals surface area contributed by atoms with E-state index in [1.54, 1.807) is 6.92 Å². The number of nitrogens with two attached hydrogens (primary N) is 1. The Bertz CT molecular complexity index is 406. The first-order chi connectivity index (χ1) is 7.51. The topological polar surface area (TPSA) is 72.5 Å².